The molecule has 0 aliphatic carbocycles. The predicted molar refractivity (Wildman–Crippen MR) is 60.5 cm³/mol. The van der Waals surface area contributed by atoms with Crippen LogP contribution in [-0.2, 0) is 9.36 Å². The third-order valence-corrected chi connectivity index (χ3v) is 5.01. The lowest BCUT2D eigenvalue weighted by molar-refractivity contribution is -0.137. The SMILES string of the molecule is CCCCCCP(=O)(O)C(C)CC(=O)O. The number of rotatable bonds is 8. The Balaban J connectivity index is 3.94. The fraction of sp³-hybridized carbons (Fsp3) is 0.900. The van der Waals surface area contributed by atoms with Gasteiger partial charge >= 0.3 is 5.97 Å². The van der Waals surface area contributed by atoms with E-state index in [1.54, 1.807) is 0 Å². The van der Waals surface area contributed by atoms with Gasteiger partial charge in [0.2, 0.25) is 7.37 Å². The summed E-state index contributed by atoms with van der Waals surface area (Å²) < 4.78 is 11.7. The van der Waals surface area contributed by atoms with Crippen molar-refractivity contribution in [1.29, 1.82) is 0 Å². The molecule has 0 radical (unpaired) electrons. The first-order valence-electron chi connectivity index (χ1n) is 5.43. The molecule has 0 heterocycles. The number of hydrogen-bond donors (Lipinski definition) is 2. The molecule has 0 aromatic heterocycles. The average Bonchev–Trinajstić information content (AvgIpc) is 2.11. The zero-order valence-electron chi connectivity index (χ0n) is 9.48. The zero-order valence-corrected chi connectivity index (χ0v) is 10.4. The van der Waals surface area contributed by atoms with Crippen LogP contribution in [0.5, 0.6) is 0 Å². The second kappa shape index (κ2) is 7.02. The first-order valence-corrected chi connectivity index (χ1v) is 7.34. The largest absolute Gasteiger partial charge is 0.481 e. The Hall–Kier alpha value is -0.340. The van der Waals surface area contributed by atoms with Crippen molar-refractivity contribution in [2.24, 2.45) is 0 Å². The Morgan fingerprint density at radius 1 is 1.33 bits per heavy atom. The number of carbonyl (C=O) groups is 1. The third kappa shape index (κ3) is 6.69. The number of carboxylic acid groups (broad SMARTS) is 1. The van der Waals surface area contributed by atoms with Crippen molar-refractivity contribution in [3.05, 3.63) is 0 Å². The summed E-state index contributed by atoms with van der Waals surface area (Å²) in [5, 5.41) is 8.52. The summed E-state index contributed by atoms with van der Waals surface area (Å²) in [5.74, 6) is -1.01. The van der Waals surface area contributed by atoms with Crippen LogP contribution in [0.2, 0.25) is 0 Å². The molecule has 5 heteroatoms. The van der Waals surface area contributed by atoms with E-state index in [-0.39, 0.29) is 12.6 Å². The first-order chi connectivity index (χ1) is 6.90. The van der Waals surface area contributed by atoms with Gasteiger partial charge in [-0.25, -0.2) is 0 Å². The van der Waals surface area contributed by atoms with Gasteiger partial charge in [0.1, 0.15) is 0 Å². The van der Waals surface area contributed by atoms with Crippen molar-refractivity contribution in [3.63, 3.8) is 0 Å². The third-order valence-electron chi connectivity index (χ3n) is 2.49. The van der Waals surface area contributed by atoms with Gasteiger partial charge in [-0.15, -0.1) is 0 Å². The minimum Gasteiger partial charge on any atom is -0.481 e. The number of hydrogen-bond acceptors (Lipinski definition) is 2. The van der Waals surface area contributed by atoms with Crippen molar-refractivity contribution in [3.8, 4) is 0 Å². The Kier molecular flexibility index (Phi) is 6.86. The highest BCUT2D eigenvalue weighted by atomic mass is 31.2. The summed E-state index contributed by atoms with van der Waals surface area (Å²) in [7, 11) is -3.26. The highest BCUT2D eigenvalue weighted by Crippen LogP contribution is 2.48. The van der Waals surface area contributed by atoms with E-state index in [4.69, 9.17) is 5.11 Å². The average molecular weight is 236 g/mol. The van der Waals surface area contributed by atoms with Crippen LogP contribution in [0, 0.1) is 0 Å². The molecule has 2 atom stereocenters. The molecule has 2 N–H and O–H groups in total. The molecule has 0 saturated carbocycles. The fourth-order valence-corrected chi connectivity index (χ4v) is 2.94. The van der Waals surface area contributed by atoms with E-state index >= 15 is 0 Å². The molecule has 0 rings (SSSR count). The van der Waals surface area contributed by atoms with Gasteiger partial charge in [0.25, 0.3) is 0 Å². The standard InChI is InChI=1S/C10H21O4P/c1-3-4-5-6-7-15(13,14)9(2)8-10(11)12/h9H,3-8H2,1-2H3,(H,11,12)(H,13,14). The van der Waals surface area contributed by atoms with Gasteiger partial charge < -0.3 is 10.00 Å². The molecule has 0 bridgehead atoms. The van der Waals surface area contributed by atoms with E-state index in [1.807, 2.05) is 0 Å². The summed E-state index contributed by atoms with van der Waals surface area (Å²) in [6.45, 7) is 3.61. The molecule has 0 fully saturated rings. The Bertz CT molecular complexity index is 240. The van der Waals surface area contributed by atoms with Gasteiger partial charge in [0.15, 0.2) is 0 Å². The van der Waals surface area contributed by atoms with Crippen LogP contribution in [0.15, 0.2) is 0 Å². The monoisotopic (exact) mass is 236 g/mol. The van der Waals surface area contributed by atoms with E-state index in [0.717, 1.165) is 19.3 Å². The van der Waals surface area contributed by atoms with Crippen LogP contribution in [0.3, 0.4) is 0 Å². The van der Waals surface area contributed by atoms with Gasteiger partial charge in [0, 0.05) is 11.8 Å². The van der Waals surface area contributed by atoms with Crippen molar-refractivity contribution < 1.29 is 19.4 Å². The highest BCUT2D eigenvalue weighted by Gasteiger charge is 2.27. The normalized spacial score (nSPS) is 17.0. The van der Waals surface area contributed by atoms with Gasteiger partial charge in [-0.1, -0.05) is 33.1 Å². The molecule has 0 amide bonds. The highest BCUT2D eigenvalue weighted by molar-refractivity contribution is 7.58. The molecule has 2 unspecified atom stereocenters. The lowest BCUT2D eigenvalue weighted by Gasteiger charge is -2.17. The molecule has 0 aliphatic rings. The minimum absolute atomic E-state index is 0.221. The van der Waals surface area contributed by atoms with Crippen molar-refractivity contribution in [1.82, 2.24) is 0 Å². The molecule has 0 aliphatic heterocycles. The summed E-state index contributed by atoms with van der Waals surface area (Å²) in [5.41, 5.74) is -0.628. The van der Waals surface area contributed by atoms with Crippen LogP contribution in [0.25, 0.3) is 0 Å². The molecule has 0 saturated heterocycles. The Morgan fingerprint density at radius 3 is 2.40 bits per heavy atom. The molecular formula is C10H21O4P. The predicted octanol–water partition coefficient (Wildman–Crippen LogP) is 2.70. The molecule has 4 nitrogen and oxygen atoms in total. The number of unbranched alkanes of at least 4 members (excludes halogenated alkanes) is 3. The maximum absolute atomic E-state index is 11.7. The summed E-state index contributed by atoms with van der Waals surface area (Å²) in [6, 6.07) is 0. The molecule has 0 aromatic rings. The lowest BCUT2D eigenvalue weighted by Crippen LogP contribution is -2.12. The van der Waals surface area contributed by atoms with Gasteiger partial charge in [-0.05, 0) is 6.42 Å². The van der Waals surface area contributed by atoms with Crippen LogP contribution in [-0.4, -0.2) is 27.8 Å². The van der Waals surface area contributed by atoms with Gasteiger partial charge in [-0.3, -0.25) is 9.36 Å². The summed E-state index contributed by atoms with van der Waals surface area (Å²) in [4.78, 5) is 20.0. The fourth-order valence-electron chi connectivity index (χ4n) is 1.38. The minimum atomic E-state index is -3.26. The van der Waals surface area contributed by atoms with Gasteiger partial charge in [0.05, 0.1) is 6.42 Å². The molecule has 0 aromatic carbocycles. The molecular weight excluding hydrogens is 215 g/mol. The molecule has 0 spiro atoms. The van der Waals surface area contributed by atoms with Crippen molar-refractivity contribution in [2.45, 2.75) is 51.6 Å². The van der Waals surface area contributed by atoms with Crippen LogP contribution < -0.4 is 0 Å². The lowest BCUT2D eigenvalue weighted by atomic mass is 10.2. The number of carboxylic acids is 1. The van der Waals surface area contributed by atoms with Crippen molar-refractivity contribution in [2.75, 3.05) is 6.16 Å². The maximum atomic E-state index is 11.7. The second-order valence-electron chi connectivity index (χ2n) is 3.99. The van der Waals surface area contributed by atoms with E-state index in [2.05, 4.69) is 6.92 Å². The Labute approximate surface area is 91.1 Å². The second-order valence-corrected chi connectivity index (χ2v) is 6.83. The smallest absolute Gasteiger partial charge is 0.304 e. The van der Waals surface area contributed by atoms with E-state index in [1.165, 1.54) is 6.92 Å². The van der Waals surface area contributed by atoms with E-state index in [0.29, 0.717) is 6.42 Å². The summed E-state index contributed by atoms with van der Waals surface area (Å²) >= 11 is 0. The molecule has 90 valence electrons. The first kappa shape index (κ1) is 14.7. The quantitative estimate of drug-likeness (QED) is 0.502. The van der Waals surface area contributed by atoms with E-state index < -0.39 is 19.0 Å². The zero-order chi connectivity index (χ0) is 11.9. The number of aliphatic carboxylic acids is 1. The molecule has 15 heavy (non-hydrogen) atoms. The maximum Gasteiger partial charge on any atom is 0.304 e. The van der Waals surface area contributed by atoms with Crippen molar-refractivity contribution >= 4 is 13.3 Å². The van der Waals surface area contributed by atoms with Gasteiger partial charge in [-0.2, -0.15) is 0 Å². The summed E-state index contributed by atoms with van der Waals surface area (Å²) in [6.07, 6.45) is 3.84. The van der Waals surface area contributed by atoms with Crippen LogP contribution in [0.1, 0.15) is 46.0 Å². The van der Waals surface area contributed by atoms with E-state index in [9.17, 15) is 14.3 Å². The van der Waals surface area contributed by atoms with Crippen LogP contribution >= 0.6 is 7.37 Å². The Morgan fingerprint density at radius 2 is 1.93 bits per heavy atom. The van der Waals surface area contributed by atoms with Crippen LogP contribution in [0.4, 0.5) is 0 Å². The topological polar surface area (TPSA) is 74.6 Å².